The van der Waals surface area contributed by atoms with Crippen LogP contribution in [0.5, 0.6) is 5.75 Å². The van der Waals surface area contributed by atoms with Crippen molar-refractivity contribution in [3.05, 3.63) is 36.0 Å². The van der Waals surface area contributed by atoms with Gasteiger partial charge in [0.2, 0.25) is 0 Å². The summed E-state index contributed by atoms with van der Waals surface area (Å²) >= 11 is 0. The second-order valence-electron chi connectivity index (χ2n) is 4.26. The van der Waals surface area contributed by atoms with Gasteiger partial charge >= 0.3 is 11.9 Å². The van der Waals surface area contributed by atoms with Crippen molar-refractivity contribution in [2.75, 3.05) is 25.6 Å². The summed E-state index contributed by atoms with van der Waals surface area (Å²) in [6.45, 7) is 3.99. The van der Waals surface area contributed by atoms with E-state index in [2.05, 4.69) is 5.32 Å². The number of carbonyl (C=O) groups excluding carboxylic acids is 2. The zero-order chi connectivity index (χ0) is 16.4. The number of benzene rings is 1. The molecule has 0 fully saturated rings. The number of hydrogen-bond acceptors (Lipinski definition) is 6. The summed E-state index contributed by atoms with van der Waals surface area (Å²) in [5, 5.41) is 3.01. The molecule has 6 heteroatoms. The number of nitrogens with one attached hydrogen (secondary N) is 1. The largest absolute Gasteiger partial charge is 0.497 e. The summed E-state index contributed by atoms with van der Waals surface area (Å²) in [5.74, 6) is -0.276. The van der Waals surface area contributed by atoms with Gasteiger partial charge in [-0.1, -0.05) is 6.07 Å². The number of anilines is 1. The molecule has 0 saturated heterocycles. The van der Waals surface area contributed by atoms with E-state index in [-0.39, 0.29) is 19.6 Å². The molecule has 120 valence electrons. The van der Waals surface area contributed by atoms with Crippen molar-refractivity contribution in [3.63, 3.8) is 0 Å². The molecule has 0 aromatic heterocycles. The second-order valence-corrected chi connectivity index (χ2v) is 4.26. The lowest BCUT2D eigenvalue weighted by Crippen LogP contribution is -2.12. The van der Waals surface area contributed by atoms with E-state index in [4.69, 9.17) is 14.2 Å². The number of carbonyl (C=O) groups is 2. The fraction of sp³-hybridized carbons (Fsp3) is 0.375. The maximum atomic E-state index is 11.6. The predicted molar refractivity (Wildman–Crippen MR) is 82.6 cm³/mol. The third-order valence-corrected chi connectivity index (χ3v) is 2.59. The first-order valence-electron chi connectivity index (χ1n) is 7.03. The molecule has 6 nitrogen and oxygen atoms in total. The SMILES string of the molecule is CCOC(=O)/C=C(/CC(=O)OCC)Nc1cccc(OC)c1. The lowest BCUT2D eigenvalue weighted by Gasteiger charge is -2.11. The first-order valence-corrected chi connectivity index (χ1v) is 7.03. The highest BCUT2D eigenvalue weighted by molar-refractivity contribution is 5.85. The van der Waals surface area contributed by atoms with Crippen LogP contribution in [-0.2, 0) is 19.1 Å². The van der Waals surface area contributed by atoms with Gasteiger partial charge in [-0.3, -0.25) is 4.79 Å². The van der Waals surface area contributed by atoms with Crippen molar-refractivity contribution >= 4 is 17.6 Å². The number of hydrogen-bond donors (Lipinski definition) is 1. The first-order chi connectivity index (χ1) is 10.6. The van der Waals surface area contributed by atoms with Crippen LogP contribution in [0.3, 0.4) is 0 Å². The predicted octanol–water partition coefficient (Wildman–Crippen LogP) is 2.51. The Morgan fingerprint density at radius 3 is 2.55 bits per heavy atom. The van der Waals surface area contributed by atoms with Crippen molar-refractivity contribution in [1.82, 2.24) is 0 Å². The maximum absolute atomic E-state index is 11.6. The van der Waals surface area contributed by atoms with Crippen LogP contribution in [0.25, 0.3) is 0 Å². The minimum atomic E-state index is -0.516. The maximum Gasteiger partial charge on any atom is 0.332 e. The van der Waals surface area contributed by atoms with Gasteiger partial charge in [0.1, 0.15) is 5.75 Å². The molecule has 0 unspecified atom stereocenters. The van der Waals surface area contributed by atoms with Crippen LogP contribution in [0.2, 0.25) is 0 Å². The van der Waals surface area contributed by atoms with Gasteiger partial charge in [0.25, 0.3) is 0 Å². The van der Waals surface area contributed by atoms with Gasteiger partial charge < -0.3 is 19.5 Å². The number of esters is 2. The van der Waals surface area contributed by atoms with E-state index in [9.17, 15) is 9.59 Å². The Hall–Kier alpha value is -2.50. The molecular weight excluding hydrogens is 286 g/mol. The average molecular weight is 307 g/mol. The highest BCUT2D eigenvalue weighted by Gasteiger charge is 2.10. The highest BCUT2D eigenvalue weighted by Crippen LogP contribution is 2.19. The van der Waals surface area contributed by atoms with E-state index < -0.39 is 11.9 Å². The molecule has 1 rings (SSSR count). The van der Waals surface area contributed by atoms with Gasteiger partial charge in [-0.05, 0) is 26.0 Å². The van der Waals surface area contributed by atoms with Crippen LogP contribution in [0.4, 0.5) is 5.69 Å². The lowest BCUT2D eigenvalue weighted by atomic mass is 10.2. The molecule has 0 aliphatic heterocycles. The standard InChI is InChI=1S/C16H21NO5/c1-4-21-15(18)10-13(11-16(19)22-5-2)17-12-7-6-8-14(9-12)20-3/h6-10,17H,4-5,11H2,1-3H3/b13-10-. The average Bonchev–Trinajstić information content (AvgIpc) is 2.47. The number of methoxy groups -OCH3 is 1. The Kier molecular flexibility index (Phi) is 7.53. The van der Waals surface area contributed by atoms with E-state index in [0.29, 0.717) is 17.1 Å². The third kappa shape index (κ3) is 6.30. The molecule has 0 radical (unpaired) electrons. The van der Waals surface area contributed by atoms with E-state index in [1.807, 2.05) is 0 Å². The molecule has 0 spiro atoms. The van der Waals surface area contributed by atoms with Gasteiger partial charge in [-0.25, -0.2) is 4.79 Å². The minimum absolute atomic E-state index is 0.0517. The lowest BCUT2D eigenvalue weighted by molar-refractivity contribution is -0.142. The van der Waals surface area contributed by atoms with Crippen LogP contribution in [0.15, 0.2) is 36.0 Å². The van der Waals surface area contributed by atoms with E-state index >= 15 is 0 Å². The molecule has 0 amide bonds. The molecule has 0 heterocycles. The van der Waals surface area contributed by atoms with Crippen molar-refractivity contribution in [3.8, 4) is 5.75 Å². The summed E-state index contributed by atoms with van der Waals surface area (Å²) < 4.78 is 14.9. The minimum Gasteiger partial charge on any atom is -0.497 e. The fourth-order valence-electron chi connectivity index (χ4n) is 1.71. The van der Waals surface area contributed by atoms with Crippen LogP contribution in [0.1, 0.15) is 20.3 Å². The van der Waals surface area contributed by atoms with Crippen molar-refractivity contribution in [1.29, 1.82) is 0 Å². The molecule has 1 aromatic rings. The summed E-state index contributed by atoms with van der Waals surface area (Å²) in [4.78, 5) is 23.2. The number of rotatable bonds is 8. The molecule has 0 aliphatic rings. The Morgan fingerprint density at radius 2 is 1.91 bits per heavy atom. The van der Waals surface area contributed by atoms with Gasteiger partial charge in [-0.15, -0.1) is 0 Å². The molecule has 0 aliphatic carbocycles. The second kappa shape index (κ2) is 9.44. The smallest absolute Gasteiger partial charge is 0.332 e. The zero-order valence-corrected chi connectivity index (χ0v) is 13.0. The molecular formula is C16H21NO5. The van der Waals surface area contributed by atoms with Crippen LogP contribution in [0, 0.1) is 0 Å². The van der Waals surface area contributed by atoms with Gasteiger partial charge in [0.15, 0.2) is 0 Å². The van der Waals surface area contributed by atoms with Crippen LogP contribution >= 0.6 is 0 Å². The number of ether oxygens (including phenoxy) is 3. The quantitative estimate of drug-likeness (QED) is 0.587. The zero-order valence-electron chi connectivity index (χ0n) is 13.0. The Balaban J connectivity index is 2.88. The summed E-state index contributed by atoms with van der Waals surface area (Å²) in [6, 6.07) is 7.15. The molecule has 1 aromatic carbocycles. The Labute approximate surface area is 130 Å². The van der Waals surface area contributed by atoms with Gasteiger partial charge in [0, 0.05) is 23.5 Å². The van der Waals surface area contributed by atoms with E-state index in [1.54, 1.807) is 45.2 Å². The van der Waals surface area contributed by atoms with Gasteiger partial charge in [0.05, 0.1) is 26.7 Å². The molecule has 0 atom stereocenters. The normalized spacial score (nSPS) is 10.8. The summed E-state index contributed by atoms with van der Waals surface area (Å²) in [7, 11) is 1.56. The Morgan fingerprint density at radius 1 is 1.18 bits per heavy atom. The van der Waals surface area contributed by atoms with Crippen LogP contribution < -0.4 is 10.1 Å². The monoisotopic (exact) mass is 307 g/mol. The Bertz CT molecular complexity index is 539. The van der Waals surface area contributed by atoms with E-state index in [0.717, 1.165) is 0 Å². The van der Waals surface area contributed by atoms with Crippen molar-refractivity contribution in [2.45, 2.75) is 20.3 Å². The topological polar surface area (TPSA) is 73.9 Å². The first kappa shape index (κ1) is 17.6. The summed E-state index contributed by atoms with van der Waals surface area (Å²) in [5.41, 5.74) is 1.09. The molecule has 1 N–H and O–H groups in total. The summed E-state index contributed by atoms with van der Waals surface area (Å²) in [6.07, 6.45) is 1.20. The van der Waals surface area contributed by atoms with E-state index in [1.165, 1.54) is 6.08 Å². The van der Waals surface area contributed by atoms with Crippen molar-refractivity contribution < 1.29 is 23.8 Å². The van der Waals surface area contributed by atoms with Crippen molar-refractivity contribution in [2.24, 2.45) is 0 Å². The highest BCUT2D eigenvalue weighted by atomic mass is 16.5. The third-order valence-electron chi connectivity index (χ3n) is 2.59. The van der Waals surface area contributed by atoms with Crippen LogP contribution in [-0.4, -0.2) is 32.3 Å². The molecule has 0 bridgehead atoms. The van der Waals surface area contributed by atoms with Gasteiger partial charge in [-0.2, -0.15) is 0 Å². The molecule has 22 heavy (non-hydrogen) atoms. The fourth-order valence-corrected chi connectivity index (χ4v) is 1.71. The molecule has 0 saturated carbocycles.